The molecule has 0 aromatic heterocycles. The highest BCUT2D eigenvalue weighted by molar-refractivity contribution is 5.99. The van der Waals surface area contributed by atoms with E-state index in [1.54, 1.807) is 17.1 Å². The fraction of sp³-hybridized carbons (Fsp3) is 0.176. The van der Waals surface area contributed by atoms with Crippen molar-refractivity contribution in [1.29, 1.82) is 0 Å². The molecule has 2 amide bonds. The number of nitrogens with zero attached hydrogens (tertiary/aromatic N) is 5. The van der Waals surface area contributed by atoms with Crippen molar-refractivity contribution in [2.75, 3.05) is 18.4 Å². The number of benzene rings is 2. The van der Waals surface area contributed by atoms with Crippen molar-refractivity contribution in [2.45, 2.75) is 6.42 Å². The minimum Gasteiger partial charge on any atom is -0.376 e. The molecule has 15 heteroatoms. The van der Waals surface area contributed by atoms with E-state index in [0.717, 1.165) is 23.8 Å². The van der Waals surface area contributed by atoms with Crippen LogP contribution in [0.4, 0.5) is 27.5 Å². The summed E-state index contributed by atoms with van der Waals surface area (Å²) in [5.74, 6) is 0.0302. The number of carbonyl (C=O) groups is 1. The van der Waals surface area contributed by atoms with Crippen LogP contribution in [0.1, 0.15) is 5.56 Å². The van der Waals surface area contributed by atoms with Crippen molar-refractivity contribution in [1.82, 2.24) is 10.6 Å². The van der Waals surface area contributed by atoms with Crippen molar-refractivity contribution in [2.24, 2.45) is 4.99 Å². The summed E-state index contributed by atoms with van der Waals surface area (Å²) < 4.78 is 0. The predicted molar refractivity (Wildman–Crippen MR) is 109 cm³/mol. The van der Waals surface area contributed by atoms with E-state index in [-0.39, 0.29) is 23.8 Å². The molecule has 0 aliphatic carbocycles. The Hall–Kier alpha value is -4.50. The molecule has 1 fully saturated rings. The van der Waals surface area contributed by atoms with Crippen LogP contribution in [0.15, 0.2) is 47.5 Å². The van der Waals surface area contributed by atoms with Gasteiger partial charge in [-0.2, -0.15) is 4.99 Å². The Balaban J connectivity index is 1.55. The summed E-state index contributed by atoms with van der Waals surface area (Å²) in [5.41, 5.74) is 1.91. The highest BCUT2D eigenvalue weighted by atomic mass is 16.7. The van der Waals surface area contributed by atoms with Gasteiger partial charge < -0.3 is 10.2 Å². The van der Waals surface area contributed by atoms with Crippen molar-refractivity contribution < 1.29 is 24.4 Å². The van der Waals surface area contributed by atoms with Gasteiger partial charge in [0.1, 0.15) is 0 Å². The molecule has 15 nitrogen and oxygen atoms in total. The van der Waals surface area contributed by atoms with Gasteiger partial charge in [0, 0.05) is 36.5 Å². The SMILES string of the molecule is O=C(/N=C1\CN(CCc2ccc([N+](=O)[O-])cc2)NO1)Nc1ccc([N+](=O)[O-])c([N+](=O)[O-])c1. The van der Waals surface area contributed by atoms with Gasteiger partial charge in [-0.3, -0.25) is 30.3 Å². The molecule has 1 aliphatic heterocycles. The number of nitro benzene ring substituents is 3. The van der Waals surface area contributed by atoms with Gasteiger partial charge in [0.15, 0.2) is 0 Å². The fourth-order valence-electron chi connectivity index (χ4n) is 2.74. The van der Waals surface area contributed by atoms with Crippen LogP contribution in [0.2, 0.25) is 0 Å². The summed E-state index contributed by atoms with van der Waals surface area (Å²) in [6.45, 7) is 0.591. The van der Waals surface area contributed by atoms with Crippen LogP contribution in [0.3, 0.4) is 0 Å². The molecule has 2 aromatic carbocycles. The van der Waals surface area contributed by atoms with E-state index in [1.807, 2.05) is 0 Å². The van der Waals surface area contributed by atoms with Gasteiger partial charge in [0.2, 0.25) is 5.90 Å². The lowest BCUT2D eigenvalue weighted by molar-refractivity contribution is -0.422. The zero-order valence-electron chi connectivity index (χ0n) is 16.2. The first-order chi connectivity index (χ1) is 15.2. The molecule has 32 heavy (non-hydrogen) atoms. The monoisotopic (exact) mass is 445 g/mol. The minimum atomic E-state index is -0.924. The van der Waals surface area contributed by atoms with Crippen molar-refractivity contribution >= 4 is 34.7 Å². The average Bonchev–Trinajstić information content (AvgIpc) is 3.19. The Morgan fingerprint density at radius 2 is 1.72 bits per heavy atom. The number of hydrogen-bond acceptors (Lipinski definition) is 10. The lowest BCUT2D eigenvalue weighted by atomic mass is 10.1. The molecular formula is C17H15N7O8. The third kappa shape index (κ3) is 5.55. The first kappa shape index (κ1) is 22.2. The van der Waals surface area contributed by atoms with Crippen LogP contribution in [0.25, 0.3) is 0 Å². The number of urea groups is 1. The number of rotatable bonds is 7. The summed E-state index contributed by atoms with van der Waals surface area (Å²) in [6, 6.07) is 8.12. The number of anilines is 1. The maximum Gasteiger partial charge on any atom is 0.348 e. The van der Waals surface area contributed by atoms with Crippen LogP contribution in [0.5, 0.6) is 0 Å². The van der Waals surface area contributed by atoms with E-state index >= 15 is 0 Å². The second kappa shape index (κ2) is 9.54. The lowest BCUT2D eigenvalue weighted by Crippen LogP contribution is -2.32. The van der Waals surface area contributed by atoms with E-state index < -0.39 is 32.2 Å². The van der Waals surface area contributed by atoms with Gasteiger partial charge >= 0.3 is 17.4 Å². The third-order valence-corrected chi connectivity index (χ3v) is 4.28. The number of nitrogens with one attached hydrogen (secondary N) is 2. The number of non-ortho nitro benzene ring substituents is 1. The molecule has 0 unspecified atom stereocenters. The smallest absolute Gasteiger partial charge is 0.348 e. The van der Waals surface area contributed by atoms with Gasteiger partial charge in [0.05, 0.1) is 21.3 Å². The molecule has 0 spiro atoms. The second-order valence-corrected chi connectivity index (χ2v) is 6.44. The van der Waals surface area contributed by atoms with E-state index in [9.17, 15) is 35.1 Å². The lowest BCUT2D eigenvalue weighted by Gasteiger charge is -2.10. The molecule has 1 aliphatic rings. The van der Waals surface area contributed by atoms with Gasteiger partial charge in [-0.05, 0) is 18.1 Å². The van der Waals surface area contributed by atoms with E-state index in [4.69, 9.17) is 4.84 Å². The van der Waals surface area contributed by atoms with Crippen molar-refractivity contribution in [3.63, 3.8) is 0 Å². The van der Waals surface area contributed by atoms with Gasteiger partial charge in [-0.1, -0.05) is 17.7 Å². The summed E-state index contributed by atoms with van der Waals surface area (Å²) >= 11 is 0. The first-order valence-electron chi connectivity index (χ1n) is 8.95. The van der Waals surface area contributed by atoms with Crippen LogP contribution in [-0.2, 0) is 11.3 Å². The highest BCUT2D eigenvalue weighted by Gasteiger charge is 2.25. The standard InChI is InChI=1S/C17H15N7O8/c25-17(18-12-3-6-14(23(28)29)15(9-12)24(30)31)19-16-10-21(20-32-16)8-7-11-1-4-13(5-2-11)22(26)27/h1-6,9,20H,7-8,10H2,(H,18,25)/b19-16+. The zero-order valence-corrected chi connectivity index (χ0v) is 16.2. The molecule has 0 saturated carbocycles. The van der Waals surface area contributed by atoms with E-state index in [2.05, 4.69) is 15.9 Å². The minimum absolute atomic E-state index is 0.00448. The van der Waals surface area contributed by atoms with Crippen molar-refractivity contribution in [3.05, 3.63) is 78.4 Å². The molecule has 0 atom stereocenters. The highest BCUT2D eigenvalue weighted by Crippen LogP contribution is 2.29. The van der Waals surface area contributed by atoms with Gasteiger partial charge in [-0.25, -0.2) is 9.80 Å². The Morgan fingerprint density at radius 3 is 2.34 bits per heavy atom. The molecule has 0 bridgehead atoms. The van der Waals surface area contributed by atoms with Crippen LogP contribution in [-0.4, -0.2) is 44.8 Å². The number of hydrazine groups is 1. The topological polar surface area (TPSA) is 195 Å². The van der Waals surface area contributed by atoms with E-state index in [1.165, 1.54) is 12.1 Å². The van der Waals surface area contributed by atoms with Gasteiger partial charge in [0.25, 0.3) is 5.69 Å². The number of hydrogen-bond donors (Lipinski definition) is 2. The summed E-state index contributed by atoms with van der Waals surface area (Å²) in [7, 11) is 0. The number of aliphatic imine (C=N–C) groups is 1. The van der Waals surface area contributed by atoms with Crippen molar-refractivity contribution in [3.8, 4) is 0 Å². The Labute approximate surface area is 178 Å². The summed E-state index contributed by atoms with van der Waals surface area (Å²) in [4.78, 5) is 51.1. The quantitative estimate of drug-likeness (QED) is 0.471. The Morgan fingerprint density at radius 1 is 1.03 bits per heavy atom. The normalized spacial score (nSPS) is 14.7. The molecule has 2 N–H and O–H groups in total. The number of nitro groups is 3. The van der Waals surface area contributed by atoms with Gasteiger partial charge in [-0.15, -0.1) is 0 Å². The molecule has 0 radical (unpaired) electrons. The molecular weight excluding hydrogens is 430 g/mol. The Kier molecular flexibility index (Phi) is 6.62. The second-order valence-electron chi connectivity index (χ2n) is 6.44. The maximum absolute atomic E-state index is 12.1. The largest absolute Gasteiger partial charge is 0.376 e. The maximum atomic E-state index is 12.1. The molecule has 166 valence electrons. The van der Waals surface area contributed by atoms with E-state index in [0.29, 0.717) is 13.0 Å². The summed E-state index contributed by atoms with van der Waals surface area (Å²) in [5, 5.41) is 36.4. The molecule has 3 rings (SSSR count). The molecule has 1 saturated heterocycles. The number of carbonyl (C=O) groups excluding carboxylic acids is 1. The first-order valence-corrected chi connectivity index (χ1v) is 8.95. The average molecular weight is 445 g/mol. The third-order valence-electron chi connectivity index (χ3n) is 4.28. The van der Waals surface area contributed by atoms with Crippen LogP contribution < -0.4 is 10.9 Å². The molecule has 1 heterocycles. The fourth-order valence-corrected chi connectivity index (χ4v) is 2.74. The van der Waals surface area contributed by atoms with Crippen LogP contribution in [0, 0.1) is 30.3 Å². The number of amides is 2. The summed E-state index contributed by atoms with van der Waals surface area (Å²) in [6.07, 6.45) is 0.542. The zero-order chi connectivity index (χ0) is 23.3. The predicted octanol–water partition coefficient (Wildman–Crippen LogP) is 2.34. The Bertz CT molecular complexity index is 1100. The molecule has 2 aromatic rings. The van der Waals surface area contributed by atoms with Crippen LogP contribution >= 0.6 is 0 Å².